The van der Waals surface area contributed by atoms with Gasteiger partial charge in [-0.25, -0.2) is 4.79 Å². The number of rotatable bonds is 2. The Morgan fingerprint density at radius 2 is 2.31 bits per heavy atom. The van der Waals surface area contributed by atoms with Crippen LogP contribution < -0.4 is 10.6 Å². The molecular formula is C10H10N4O2. The number of hydrogen-bond donors (Lipinski definition) is 2. The quantitative estimate of drug-likeness (QED) is 0.808. The molecule has 0 spiro atoms. The highest BCUT2D eigenvalue weighted by Gasteiger charge is 2.05. The average molecular weight is 218 g/mol. The summed E-state index contributed by atoms with van der Waals surface area (Å²) in [5.74, 6) is 1.01. The highest BCUT2D eigenvalue weighted by atomic mass is 16.5. The summed E-state index contributed by atoms with van der Waals surface area (Å²) in [6, 6.07) is 4.71. The summed E-state index contributed by atoms with van der Waals surface area (Å²) in [6.45, 7) is 1.75. The number of carbonyl (C=O) groups is 1. The van der Waals surface area contributed by atoms with Crippen molar-refractivity contribution in [3.63, 3.8) is 0 Å². The van der Waals surface area contributed by atoms with Gasteiger partial charge in [0.2, 0.25) is 0 Å². The van der Waals surface area contributed by atoms with Crippen molar-refractivity contribution in [3.8, 4) is 0 Å². The molecule has 2 N–H and O–H groups in total. The van der Waals surface area contributed by atoms with Crippen LogP contribution in [0.15, 0.2) is 35.1 Å². The zero-order valence-electron chi connectivity index (χ0n) is 8.60. The molecule has 2 heterocycles. The van der Waals surface area contributed by atoms with Gasteiger partial charge in [-0.2, -0.15) is 0 Å². The van der Waals surface area contributed by atoms with Gasteiger partial charge in [-0.1, -0.05) is 5.16 Å². The molecule has 0 saturated heterocycles. The zero-order chi connectivity index (χ0) is 11.4. The van der Waals surface area contributed by atoms with E-state index in [1.165, 1.54) is 0 Å². The van der Waals surface area contributed by atoms with Crippen LogP contribution in [0.1, 0.15) is 5.76 Å². The molecule has 6 nitrogen and oxygen atoms in total. The second kappa shape index (κ2) is 4.43. The summed E-state index contributed by atoms with van der Waals surface area (Å²) >= 11 is 0. The number of anilines is 2. The van der Waals surface area contributed by atoms with E-state index in [-0.39, 0.29) is 6.03 Å². The highest BCUT2D eigenvalue weighted by molar-refractivity contribution is 5.98. The van der Waals surface area contributed by atoms with E-state index in [1.54, 1.807) is 37.5 Å². The first-order valence-electron chi connectivity index (χ1n) is 4.65. The summed E-state index contributed by atoms with van der Waals surface area (Å²) in [4.78, 5) is 15.3. The maximum atomic E-state index is 11.5. The second-order valence-corrected chi connectivity index (χ2v) is 3.14. The van der Waals surface area contributed by atoms with Crippen LogP contribution >= 0.6 is 0 Å². The smallest absolute Gasteiger partial charge is 0.324 e. The van der Waals surface area contributed by atoms with Gasteiger partial charge in [0.25, 0.3) is 0 Å². The first-order valence-corrected chi connectivity index (χ1v) is 4.65. The lowest BCUT2D eigenvalue weighted by atomic mass is 10.4. The lowest BCUT2D eigenvalue weighted by Gasteiger charge is -2.03. The minimum Gasteiger partial charge on any atom is -0.360 e. The summed E-state index contributed by atoms with van der Waals surface area (Å²) < 4.78 is 4.81. The Hall–Kier alpha value is -2.37. The minimum atomic E-state index is -0.388. The van der Waals surface area contributed by atoms with Crippen molar-refractivity contribution >= 4 is 17.5 Å². The van der Waals surface area contributed by atoms with Crippen LogP contribution in [0.25, 0.3) is 0 Å². The summed E-state index contributed by atoms with van der Waals surface area (Å²) in [7, 11) is 0. The zero-order valence-corrected chi connectivity index (χ0v) is 8.60. The van der Waals surface area contributed by atoms with Crippen molar-refractivity contribution in [1.82, 2.24) is 10.1 Å². The Labute approximate surface area is 91.7 Å². The topological polar surface area (TPSA) is 80.0 Å². The number of amides is 2. The molecule has 0 aliphatic heterocycles. The largest absolute Gasteiger partial charge is 0.360 e. The maximum Gasteiger partial charge on any atom is 0.324 e. The standard InChI is InChI=1S/C10H10N4O2/c1-7-5-9(14-16-7)13-10(15)12-8-3-2-4-11-6-8/h2-6H,1H3,(H2,12,13,14,15). The molecule has 2 aromatic rings. The molecule has 0 fully saturated rings. The van der Waals surface area contributed by atoms with Crippen LogP contribution in [0.4, 0.5) is 16.3 Å². The number of hydrogen-bond acceptors (Lipinski definition) is 4. The molecule has 6 heteroatoms. The molecule has 0 aliphatic rings. The fraction of sp³-hybridized carbons (Fsp3) is 0.100. The average Bonchev–Trinajstić information content (AvgIpc) is 2.65. The van der Waals surface area contributed by atoms with Crippen LogP contribution in [0.2, 0.25) is 0 Å². The number of pyridine rings is 1. The Kier molecular flexibility index (Phi) is 2.81. The third kappa shape index (κ3) is 2.57. The fourth-order valence-electron chi connectivity index (χ4n) is 1.14. The Bertz CT molecular complexity index is 481. The lowest BCUT2D eigenvalue weighted by Crippen LogP contribution is -2.19. The van der Waals surface area contributed by atoms with Gasteiger partial charge in [-0.3, -0.25) is 10.3 Å². The third-order valence-electron chi connectivity index (χ3n) is 1.79. The Balaban J connectivity index is 1.95. The van der Waals surface area contributed by atoms with Gasteiger partial charge < -0.3 is 9.84 Å². The number of nitrogens with one attached hydrogen (secondary N) is 2. The molecular weight excluding hydrogens is 208 g/mol. The maximum absolute atomic E-state index is 11.5. The van der Waals surface area contributed by atoms with Crippen molar-refractivity contribution in [3.05, 3.63) is 36.4 Å². The molecule has 2 aromatic heterocycles. The van der Waals surface area contributed by atoms with Crippen molar-refractivity contribution < 1.29 is 9.32 Å². The van der Waals surface area contributed by atoms with Crippen molar-refractivity contribution in [2.75, 3.05) is 10.6 Å². The minimum absolute atomic E-state index is 0.374. The van der Waals surface area contributed by atoms with E-state index < -0.39 is 0 Å². The highest BCUT2D eigenvalue weighted by Crippen LogP contribution is 2.08. The number of aryl methyl sites for hydroxylation is 1. The molecule has 82 valence electrons. The van der Waals surface area contributed by atoms with Crippen molar-refractivity contribution in [2.45, 2.75) is 6.92 Å². The van der Waals surface area contributed by atoms with E-state index in [2.05, 4.69) is 20.8 Å². The van der Waals surface area contributed by atoms with Crippen LogP contribution in [0.5, 0.6) is 0 Å². The Morgan fingerprint density at radius 1 is 1.44 bits per heavy atom. The molecule has 0 aromatic carbocycles. The SMILES string of the molecule is Cc1cc(NC(=O)Nc2cccnc2)no1. The number of urea groups is 1. The van der Waals surface area contributed by atoms with E-state index in [1.807, 2.05) is 0 Å². The van der Waals surface area contributed by atoms with Crippen molar-refractivity contribution in [2.24, 2.45) is 0 Å². The normalized spacial score (nSPS) is 9.81. The molecule has 0 bridgehead atoms. The number of aromatic nitrogens is 2. The fourth-order valence-corrected chi connectivity index (χ4v) is 1.14. The molecule has 0 atom stereocenters. The van der Waals surface area contributed by atoms with E-state index in [0.717, 1.165) is 0 Å². The number of nitrogens with zero attached hydrogens (tertiary/aromatic N) is 2. The van der Waals surface area contributed by atoms with Crippen LogP contribution in [-0.2, 0) is 0 Å². The van der Waals surface area contributed by atoms with E-state index in [9.17, 15) is 4.79 Å². The molecule has 2 rings (SSSR count). The van der Waals surface area contributed by atoms with Gasteiger partial charge in [0.15, 0.2) is 5.82 Å². The first kappa shape index (κ1) is 10.2. The predicted molar refractivity (Wildman–Crippen MR) is 58.1 cm³/mol. The van der Waals surface area contributed by atoms with Gasteiger partial charge in [-0.05, 0) is 19.1 Å². The molecule has 0 radical (unpaired) electrons. The lowest BCUT2D eigenvalue weighted by molar-refractivity contribution is 0.262. The van der Waals surface area contributed by atoms with Crippen LogP contribution in [0.3, 0.4) is 0 Å². The molecule has 0 unspecified atom stereocenters. The first-order chi connectivity index (χ1) is 7.74. The van der Waals surface area contributed by atoms with E-state index in [0.29, 0.717) is 17.3 Å². The summed E-state index contributed by atoms with van der Waals surface area (Å²) in [6.07, 6.45) is 3.18. The molecule has 0 saturated carbocycles. The van der Waals surface area contributed by atoms with Gasteiger partial charge in [-0.15, -0.1) is 0 Å². The predicted octanol–water partition coefficient (Wildman–Crippen LogP) is 2.02. The van der Waals surface area contributed by atoms with Crippen LogP contribution in [0, 0.1) is 6.92 Å². The van der Waals surface area contributed by atoms with Crippen LogP contribution in [-0.4, -0.2) is 16.2 Å². The van der Waals surface area contributed by atoms with E-state index in [4.69, 9.17) is 4.52 Å². The van der Waals surface area contributed by atoms with Gasteiger partial charge in [0.1, 0.15) is 5.76 Å². The molecule has 0 aliphatic carbocycles. The third-order valence-corrected chi connectivity index (χ3v) is 1.79. The van der Waals surface area contributed by atoms with Crippen molar-refractivity contribution in [1.29, 1.82) is 0 Å². The molecule has 2 amide bonds. The Morgan fingerprint density at radius 3 is 2.94 bits per heavy atom. The summed E-state index contributed by atoms with van der Waals surface area (Å²) in [5.41, 5.74) is 0.611. The summed E-state index contributed by atoms with van der Waals surface area (Å²) in [5, 5.41) is 8.77. The monoisotopic (exact) mass is 218 g/mol. The van der Waals surface area contributed by atoms with Gasteiger partial charge >= 0.3 is 6.03 Å². The van der Waals surface area contributed by atoms with Gasteiger partial charge in [0, 0.05) is 12.3 Å². The molecule has 16 heavy (non-hydrogen) atoms. The van der Waals surface area contributed by atoms with Gasteiger partial charge in [0.05, 0.1) is 11.9 Å². The van der Waals surface area contributed by atoms with E-state index >= 15 is 0 Å². The second-order valence-electron chi connectivity index (χ2n) is 3.14. The number of carbonyl (C=O) groups excluding carboxylic acids is 1.